The monoisotopic (exact) mass is 359 g/mol. The van der Waals surface area contributed by atoms with Gasteiger partial charge in [-0.25, -0.2) is 0 Å². The van der Waals surface area contributed by atoms with E-state index >= 15 is 0 Å². The Morgan fingerprint density at radius 1 is 1.08 bits per heavy atom. The molecule has 124 valence electrons. The van der Waals surface area contributed by atoms with Crippen molar-refractivity contribution in [3.8, 4) is 11.4 Å². The molecule has 0 amide bonds. The maximum atomic E-state index is 6.05. The number of thioether (sulfide) groups is 1. The molecule has 1 heterocycles. The van der Waals surface area contributed by atoms with Crippen LogP contribution in [0, 0.1) is 0 Å². The minimum Gasteiger partial charge on any atom is -0.383 e. The van der Waals surface area contributed by atoms with Crippen LogP contribution >= 0.6 is 23.4 Å². The van der Waals surface area contributed by atoms with Gasteiger partial charge in [-0.15, -0.1) is 10.2 Å². The Balaban J connectivity index is 1.83. The Morgan fingerprint density at radius 2 is 1.92 bits per heavy atom. The lowest BCUT2D eigenvalue weighted by Crippen LogP contribution is -2.07. The molecule has 0 fully saturated rings. The molecule has 0 spiro atoms. The SMILES string of the molecule is COCCn1c(SCc2cccc(Cl)c2)nnc1-c1ccccc1. The molecule has 6 heteroatoms. The molecule has 0 unspecified atom stereocenters. The highest BCUT2D eigenvalue weighted by molar-refractivity contribution is 7.98. The molecule has 4 nitrogen and oxygen atoms in total. The lowest BCUT2D eigenvalue weighted by Gasteiger charge is -2.09. The highest BCUT2D eigenvalue weighted by Crippen LogP contribution is 2.27. The molecule has 2 aromatic carbocycles. The quantitative estimate of drug-likeness (QED) is 0.581. The molecule has 0 radical (unpaired) electrons. The summed E-state index contributed by atoms with van der Waals surface area (Å²) in [5, 5.41) is 10.4. The number of ether oxygens (including phenoxy) is 1. The van der Waals surface area contributed by atoms with Gasteiger partial charge in [0.2, 0.25) is 0 Å². The highest BCUT2D eigenvalue weighted by atomic mass is 35.5. The fraction of sp³-hybridized carbons (Fsp3) is 0.222. The van der Waals surface area contributed by atoms with Gasteiger partial charge in [0.25, 0.3) is 0 Å². The van der Waals surface area contributed by atoms with Gasteiger partial charge in [0.1, 0.15) is 0 Å². The summed E-state index contributed by atoms with van der Waals surface area (Å²) in [5.41, 5.74) is 2.21. The number of rotatable bonds is 7. The zero-order valence-electron chi connectivity index (χ0n) is 13.4. The van der Waals surface area contributed by atoms with Crippen LogP contribution in [0.1, 0.15) is 5.56 Å². The highest BCUT2D eigenvalue weighted by Gasteiger charge is 2.14. The van der Waals surface area contributed by atoms with Crippen molar-refractivity contribution in [1.29, 1.82) is 0 Å². The largest absolute Gasteiger partial charge is 0.383 e. The fourth-order valence-electron chi connectivity index (χ4n) is 2.36. The Kier molecular flexibility index (Phi) is 5.91. The molecule has 0 saturated carbocycles. The van der Waals surface area contributed by atoms with E-state index in [1.807, 2.05) is 48.5 Å². The van der Waals surface area contributed by atoms with Crippen molar-refractivity contribution < 1.29 is 4.74 Å². The van der Waals surface area contributed by atoms with Gasteiger partial charge in [-0.1, -0.05) is 65.8 Å². The number of halogens is 1. The van der Waals surface area contributed by atoms with Crippen LogP contribution < -0.4 is 0 Å². The van der Waals surface area contributed by atoms with E-state index in [2.05, 4.69) is 20.8 Å². The number of aromatic nitrogens is 3. The Labute approximate surface area is 150 Å². The molecule has 24 heavy (non-hydrogen) atoms. The van der Waals surface area contributed by atoms with Crippen molar-refractivity contribution in [1.82, 2.24) is 14.8 Å². The first kappa shape index (κ1) is 17.0. The summed E-state index contributed by atoms with van der Waals surface area (Å²) in [5.74, 6) is 1.65. The number of hydrogen-bond donors (Lipinski definition) is 0. The molecule has 0 aliphatic rings. The first-order valence-corrected chi connectivity index (χ1v) is 8.99. The summed E-state index contributed by atoms with van der Waals surface area (Å²) in [6.07, 6.45) is 0. The van der Waals surface area contributed by atoms with Crippen molar-refractivity contribution in [3.63, 3.8) is 0 Å². The fourth-order valence-corrected chi connectivity index (χ4v) is 3.48. The maximum Gasteiger partial charge on any atom is 0.191 e. The summed E-state index contributed by atoms with van der Waals surface area (Å²) < 4.78 is 7.34. The molecule has 3 rings (SSSR count). The summed E-state index contributed by atoms with van der Waals surface area (Å²) in [6, 6.07) is 18.0. The van der Waals surface area contributed by atoms with Crippen molar-refractivity contribution in [2.75, 3.05) is 13.7 Å². The van der Waals surface area contributed by atoms with Crippen LogP contribution in [0.25, 0.3) is 11.4 Å². The molecule has 0 saturated heterocycles. The lowest BCUT2D eigenvalue weighted by atomic mass is 10.2. The molecule has 3 aromatic rings. The van der Waals surface area contributed by atoms with Gasteiger partial charge in [-0.05, 0) is 17.7 Å². The Morgan fingerprint density at radius 3 is 2.67 bits per heavy atom. The minimum atomic E-state index is 0.614. The van der Waals surface area contributed by atoms with Gasteiger partial charge >= 0.3 is 0 Å². The smallest absolute Gasteiger partial charge is 0.191 e. The van der Waals surface area contributed by atoms with E-state index in [-0.39, 0.29) is 0 Å². The minimum absolute atomic E-state index is 0.614. The predicted molar refractivity (Wildman–Crippen MR) is 98.3 cm³/mol. The molecule has 0 aliphatic heterocycles. The Bertz CT molecular complexity index is 792. The van der Waals surface area contributed by atoms with Crippen molar-refractivity contribution in [2.24, 2.45) is 0 Å². The Hall–Kier alpha value is -1.82. The van der Waals surface area contributed by atoms with Gasteiger partial charge < -0.3 is 4.74 Å². The number of benzene rings is 2. The van der Waals surface area contributed by atoms with Crippen molar-refractivity contribution >= 4 is 23.4 Å². The summed E-state index contributed by atoms with van der Waals surface area (Å²) >= 11 is 7.70. The van der Waals surface area contributed by atoms with Crippen LogP contribution in [0.15, 0.2) is 59.8 Å². The van der Waals surface area contributed by atoms with Gasteiger partial charge in [0, 0.05) is 23.4 Å². The zero-order chi connectivity index (χ0) is 16.8. The van der Waals surface area contributed by atoms with E-state index in [4.69, 9.17) is 16.3 Å². The average molecular weight is 360 g/mol. The predicted octanol–water partition coefficient (Wildman–Crippen LogP) is 4.54. The van der Waals surface area contributed by atoms with Crippen LogP contribution in [0.3, 0.4) is 0 Å². The van der Waals surface area contributed by atoms with E-state index in [0.29, 0.717) is 13.2 Å². The third-order valence-corrected chi connectivity index (χ3v) is 4.80. The third-order valence-electron chi connectivity index (χ3n) is 3.52. The van der Waals surface area contributed by atoms with E-state index in [1.165, 1.54) is 0 Å². The normalized spacial score (nSPS) is 10.9. The maximum absolute atomic E-state index is 6.05. The molecular formula is C18H18ClN3OS. The first-order valence-electron chi connectivity index (χ1n) is 7.62. The summed E-state index contributed by atoms with van der Waals surface area (Å²) in [4.78, 5) is 0. The van der Waals surface area contributed by atoms with Crippen LogP contribution in [0.2, 0.25) is 5.02 Å². The summed E-state index contributed by atoms with van der Waals surface area (Å²) in [6.45, 7) is 1.33. The molecule has 0 N–H and O–H groups in total. The second-order valence-corrected chi connectivity index (χ2v) is 6.61. The topological polar surface area (TPSA) is 39.9 Å². The van der Waals surface area contributed by atoms with E-state index in [9.17, 15) is 0 Å². The van der Waals surface area contributed by atoms with E-state index < -0.39 is 0 Å². The van der Waals surface area contributed by atoms with E-state index in [1.54, 1.807) is 18.9 Å². The number of nitrogens with zero attached hydrogens (tertiary/aromatic N) is 3. The van der Waals surface area contributed by atoms with Crippen LogP contribution in [-0.4, -0.2) is 28.5 Å². The summed E-state index contributed by atoms with van der Waals surface area (Å²) in [7, 11) is 1.70. The lowest BCUT2D eigenvalue weighted by molar-refractivity contribution is 0.185. The van der Waals surface area contributed by atoms with Crippen LogP contribution in [-0.2, 0) is 17.0 Å². The molecule has 0 bridgehead atoms. The van der Waals surface area contributed by atoms with Gasteiger partial charge in [-0.3, -0.25) is 4.57 Å². The van der Waals surface area contributed by atoms with Crippen LogP contribution in [0.5, 0.6) is 0 Å². The van der Waals surface area contributed by atoms with Gasteiger partial charge in [0.05, 0.1) is 13.2 Å². The van der Waals surface area contributed by atoms with Gasteiger partial charge in [0.15, 0.2) is 11.0 Å². The van der Waals surface area contributed by atoms with Crippen molar-refractivity contribution in [2.45, 2.75) is 17.5 Å². The van der Waals surface area contributed by atoms with Crippen LogP contribution in [0.4, 0.5) is 0 Å². The van der Waals surface area contributed by atoms with E-state index in [0.717, 1.165) is 32.9 Å². The number of methoxy groups -OCH3 is 1. The number of hydrogen-bond acceptors (Lipinski definition) is 4. The molecular weight excluding hydrogens is 342 g/mol. The van der Waals surface area contributed by atoms with Gasteiger partial charge in [-0.2, -0.15) is 0 Å². The standard InChI is InChI=1S/C18H18ClN3OS/c1-23-11-10-22-17(15-7-3-2-4-8-15)20-21-18(22)24-13-14-6-5-9-16(19)12-14/h2-9,12H,10-11,13H2,1H3. The first-order chi connectivity index (χ1) is 11.8. The third kappa shape index (κ3) is 4.17. The molecule has 1 aromatic heterocycles. The average Bonchev–Trinajstić information content (AvgIpc) is 3.02. The zero-order valence-corrected chi connectivity index (χ0v) is 14.9. The molecule has 0 atom stereocenters. The second kappa shape index (κ2) is 8.33. The molecule has 0 aliphatic carbocycles. The van der Waals surface area contributed by atoms with Crippen molar-refractivity contribution in [3.05, 3.63) is 65.2 Å². The second-order valence-electron chi connectivity index (χ2n) is 5.24.